The van der Waals surface area contributed by atoms with Gasteiger partial charge in [0, 0.05) is 6.61 Å². The van der Waals surface area contributed by atoms with Gasteiger partial charge in [0.05, 0.1) is 17.9 Å². The van der Waals surface area contributed by atoms with E-state index in [9.17, 15) is 9.18 Å². The Hall–Kier alpha value is -1.62. The minimum Gasteiger partial charge on any atom is -0.460 e. The van der Waals surface area contributed by atoms with Crippen LogP contribution >= 0.6 is 0 Å². The molecule has 1 aromatic carbocycles. The highest BCUT2D eigenvalue weighted by atomic mass is 19.1. The number of hydrogen-bond acceptors (Lipinski definition) is 4. The third-order valence-corrected chi connectivity index (χ3v) is 2.33. The summed E-state index contributed by atoms with van der Waals surface area (Å²) in [7, 11) is 0. The highest BCUT2D eigenvalue weighted by Crippen LogP contribution is 2.12. The lowest BCUT2D eigenvalue weighted by molar-refractivity contribution is 0.0314. The number of nitrogens with two attached hydrogens (primary N) is 1. The van der Waals surface area contributed by atoms with Crippen LogP contribution in [-0.4, -0.2) is 25.8 Å². The van der Waals surface area contributed by atoms with Gasteiger partial charge in [-0.1, -0.05) is 13.3 Å². The zero-order valence-corrected chi connectivity index (χ0v) is 10.4. The summed E-state index contributed by atoms with van der Waals surface area (Å²) in [5.41, 5.74) is 5.53. The van der Waals surface area contributed by atoms with Gasteiger partial charge in [0.1, 0.15) is 12.4 Å². The SMILES string of the molecule is CCCCOCCOC(=O)c1ccc(F)c(N)c1. The van der Waals surface area contributed by atoms with Gasteiger partial charge in [0.25, 0.3) is 0 Å². The molecule has 1 rings (SSSR count). The number of carbonyl (C=O) groups excluding carboxylic acids is 1. The van der Waals surface area contributed by atoms with Gasteiger partial charge < -0.3 is 15.2 Å². The fourth-order valence-electron chi connectivity index (χ4n) is 1.30. The van der Waals surface area contributed by atoms with E-state index in [1.165, 1.54) is 12.1 Å². The van der Waals surface area contributed by atoms with Gasteiger partial charge in [0.2, 0.25) is 0 Å². The first kappa shape index (κ1) is 14.4. The molecule has 0 radical (unpaired) electrons. The summed E-state index contributed by atoms with van der Waals surface area (Å²) in [6.07, 6.45) is 2.05. The Kier molecular flexibility index (Phi) is 6.14. The van der Waals surface area contributed by atoms with Crippen molar-refractivity contribution in [1.29, 1.82) is 0 Å². The molecule has 0 bridgehead atoms. The number of unbranched alkanes of at least 4 members (excludes halogenated alkanes) is 1. The van der Waals surface area contributed by atoms with Crippen LogP contribution in [0.1, 0.15) is 30.1 Å². The lowest BCUT2D eigenvalue weighted by Crippen LogP contribution is -2.11. The molecule has 0 saturated heterocycles. The Labute approximate surface area is 106 Å². The fourth-order valence-corrected chi connectivity index (χ4v) is 1.30. The van der Waals surface area contributed by atoms with Crippen LogP contribution in [0.15, 0.2) is 18.2 Å². The normalized spacial score (nSPS) is 10.3. The summed E-state index contributed by atoms with van der Waals surface area (Å²) in [5, 5.41) is 0. The minimum atomic E-state index is -0.547. The summed E-state index contributed by atoms with van der Waals surface area (Å²) in [6.45, 7) is 3.28. The zero-order chi connectivity index (χ0) is 13.4. The number of hydrogen-bond donors (Lipinski definition) is 1. The van der Waals surface area contributed by atoms with Crippen LogP contribution in [0, 0.1) is 5.82 Å². The minimum absolute atomic E-state index is 0.0661. The summed E-state index contributed by atoms with van der Waals surface area (Å²) < 4.78 is 23.1. The van der Waals surface area contributed by atoms with E-state index >= 15 is 0 Å². The molecule has 0 atom stereocenters. The number of anilines is 1. The summed E-state index contributed by atoms with van der Waals surface area (Å²) in [5.74, 6) is -1.07. The topological polar surface area (TPSA) is 61.5 Å². The first-order valence-electron chi connectivity index (χ1n) is 5.95. The Bertz CT molecular complexity index is 396. The molecule has 0 heterocycles. The van der Waals surface area contributed by atoms with Crippen LogP contribution in [0.4, 0.5) is 10.1 Å². The number of benzene rings is 1. The number of halogens is 1. The Morgan fingerprint density at radius 2 is 2.11 bits per heavy atom. The first-order valence-corrected chi connectivity index (χ1v) is 5.95. The van der Waals surface area contributed by atoms with Crippen LogP contribution < -0.4 is 5.73 Å². The van der Waals surface area contributed by atoms with Gasteiger partial charge in [0.15, 0.2) is 0 Å². The van der Waals surface area contributed by atoms with E-state index in [2.05, 4.69) is 6.92 Å². The van der Waals surface area contributed by atoms with Crippen molar-refractivity contribution in [2.75, 3.05) is 25.6 Å². The molecule has 0 aliphatic carbocycles. The number of nitrogen functional groups attached to an aromatic ring is 1. The van der Waals surface area contributed by atoms with E-state index in [4.69, 9.17) is 15.2 Å². The van der Waals surface area contributed by atoms with E-state index in [1.807, 2.05) is 0 Å². The second-order valence-electron chi connectivity index (χ2n) is 3.84. The molecule has 0 saturated carbocycles. The van der Waals surface area contributed by atoms with Crippen LogP contribution in [0.5, 0.6) is 0 Å². The maximum Gasteiger partial charge on any atom is 0.338 e. The second kappa shape index (κ2) is 7.66. The number of rotatable bonds is 7. The van der Waals surface area contributed by atoms with Crippen molar-refractivity contribution in [3.8, 4) is 0 Å². The number of carbonyl (C=O) groups is 1. The Morgan fingerprint density at radius 3 is 2.78 bits per heavy atom. The Balaban J connectivity index is 2.30. The maximum atomic E-state index is 12.9. The molecular weight excluding hydrogens is 237 g/mol. The number of ether oxygens (including phenoxy) is 2. The van der Waals surface area contributed by atoms with Gasteiger partial charge in [-0.05, 0) is 24.6 Å². The zero-order valence-electron chi connectivity index (χ0n) is 10.4. The first-order chi connectivity index (χ1) is 8.65. The molecule has 4 nitrogen and oxygen atoms in total. The van der Waals surface area contributed by atoms with Gasteiger partial charge >= 0.3 is 5.97 Å². The predicted molar refractivity (Wildman–Crippen MR) is 66.8 cm³/mol. The second-order valence-corrected chi connectivity index (χ2v) is 3.84. The standard InChI is InChI=1S/C13H18FNO3/c1-2-3-6-17-7-8-18-13(16)10-4-5-11(14)12(15)9-10/h4-5,9H,2-3,6-8,15H2,1H3. The molecule has 100 valence electrons. The fraction of sp³-hybridized carbons (Fsp3) is 0.462. The molecular formula is C13H18FNO3. The van der Waals surface area contributed by atoms with E-state index in [1.54, 1.807) is 0 Å². The molecule has 0 unspecified atom stereocenters. The molecule has 0 aliphatic rings. The number of esters is 1. The smallest absolute Gasteiger partial charge is 0.338 e. The average Bonchev–Trinajstić information content (AvgIpc) is 2.36. The van der Waals surface area contributed by atoms with Crippen molar-refractivity contribution in [3.05, 3.63) is 29.6 Å². The van der Waals surface area contributed by atoms with Gasteiger partial charge in [-0.3, -0.25) is 0 Å². The largest absolute Gasteiger partial charge is 0.460 e. The monoisotopic (exact) mass is 255 g/mol. The van der Waals surface area contributed by atoms with Crippen molar-refractivity contribution in [2.45, 2.75) is 19.8 Å². The van der Waals surface area contributed by atoms with Gasteiger partial charge in [-0.2, -0.15) is 0 Å². The molecule has 0 aromatic heterocycles. The maximum absolute atomic E-state index is 12.9. The van der Waals surface area contributed by atoms with Crippen molar-refractivity contribution < 1.29 is 18.7 Å². The van der Waals surface area contributed by atoms with Gasteiger partial charge in [-0.25, -0.2) is 9.18 Å². The summed E-state index contributed by atoms with van der Waals surface area (Å²) >= 11 is 0. The quantitative estimate of drug-likeness (QED) is 0.461. The third-order valence-electron chi connectivity index (χ3n) is 2.33. The third kappa shape index (κ3) is 4.71. The van der Waals surface area contributed by atoms with Crippen LogP contribution in [0.25, 0.3) is 0 Å². The lowest BCUT2D eigenvalue weighted by atomic mass is 10.2. The molecule has 0 fully saturated rings. The molecule has 0 amide bonds. The average molecular weight is 255 g/mol. The molecule has 2 N–H and O–H groups in total. The molecule has 0 spiro atoms. The van der Waals surface area contributed by atoms with Crippen molar-refractivity contribution in [2.24, 2.45) is 0 Å². The van der Waals surface area contributed by atoms with Crippen molar-refractivity contribution in [1.82, 2.24) is 0 Å². The summed E-state index contributed by atoms with van der Waals surface area (Å²) in [4.78, 5) is 11.5. The van der Waals surface area contributed by atoms with E-state index in [0.717, 1.165) is 18.9 Å². The van der Waals surface area contributed by atoms with Crippen LogP contribution in [-0.2, 0) is 9.47 Å². The van der Waals surface area contributed by atoms with Gasteiger partial charge in [-0.15, -0.1) is 0 Å². The molecule has 5 heteroatoms. The van der Waals surface area contributed by atoms with Crippen molar-refractivity contribution >= 4 is 11.7 Å². The molecule has 1 aromatic rings. The van der Waals surface area contributed by atoms with Crippen molar-refractivity contribution in [3.63, 3.8) is 0 Å². The lowest BCUT2D eigenvalue weighted by Gasteiger charge is -2.06. The molecule has 18 heavy (non-hydrogen) atoms. The van der Waals surface area contributed by atoms with Crippen LogP contribution in [0.3, 0.4) is 0 Å². The van der Waals surface area contributed by atoms with E-state index in [-0.39, 0.29) is 17.9 Å². The summed E-state index contributed by atoms with van der Waals surface area (Å²) in [6, 6.07) is 3.74. The van der Waals surface area contributed by atoms with Crippen LogP contribution in [0.2, 0.25) is 0 Å². The van der Waals surface area contributed by atoms with E-state index in [0.29, 0.717) is 13.2 Å². The van der Waals surface area contributed by atoms with E-state index < -0.39 is 11.8 Å². The predicted octanol–water partition coefficient (Wildman–Crippen LogP) is 2.38. The molecule has 0 aliphatic heterocycles. The highest BCUT2D eigenvalue weighted by molar-refractivity contribution is 5.90. The highest BCUT2D eigenvalue weighted by Gasteiger charge is 2.09. The Morgan fingerprint density at radius 1 is 1.33 bits per heavy atom.